The van der Waals surface area contributed by atoms with Gasteiger partial charge in [0.15, 0.2) is 0 Å². The molecule has 4 heterocycles. The quantitative estimate of drug-likeness (QED) is 0.863. The summed E-state index contributed by atoms with van der Waals surface area (Å²) in [5.41, 5.74) is 2.16. The predicted octanol–water partition coefficient (Wildman–Crippen LogP) is 2.20. The van der Waals surface area contributed by atoms with Crippen LogP contribution in [0.25, 0.3) is 0 Å². The molecule has 0 amide bonds. The summed E-state index contributed by atoms with van der Waals surface area (Å²) in [5.74, 6) is 0.884. The smallest absolute Gasteiger partial charge is 0.225 e. The summed E-state index contributed by atoms with van der Waals surface area (Å²) in [7, 11) is 0. The van der Waals surface area contributed by atoms with Crippen LogP contribution in [0, 0.1) is 0 Å². The first kappa shape index (κ1) is 14.5. The fraction of sp³-hybridized carbons (Fsp3) is 0.529. The van der Waals surface area contributed by atoms with Crippen LogP contribution in [0.15, 0.2) is 30.9 Å². The molecule has 0 spiro atoms. The molecule has 0 aromatic carbocycles. The standard InChI is InChI=1S/C17H22N6/c1-2-10-22(9-1)17-20-6-5-14(21-17)13-23-11-3-4-16(23)15-12-18-7-8-19-15/h5-8,12,16H,1-4,9-11,13H2/t16-/m1/s1. The van der Waals surface area contributed by atoms with Gasteiger partial charge in [0.25, 0.3) is 0 Å². The Hall–Kier alpha value is -2.08. The van der Waals surface area contributed by atoms with Crippen molar-refractivity contribution in [2.24, 2.45) is 0 Å². The molecule has 0 bridgehead atoms. The van der Waals surface area contributed by atoms with Crippen molar-refractivity contribution in [3.63, 3.8) is 0 Å². The van der Waals surface area contributed by atoms with E-state index in [0.717, 1.165) is 49.9 Å². The second-order valence-electron chi connectivity index (χ2n) is 6.30. The first-order valence-electron chi connectivity index (χ1n) is 8.47. The first-order valence-corrected chi connectivity index (χ1v) is 8.47. The van der Waals surface area contributed by atoms with E-state index in [-0.39, 0.29) is 0 Å². The normalized spacial score (nSPS) is 21.9. The van der Waals surface area contributed by atoms with E-state index in [1.807, 2.05) is 18.5 Å². The molecule has 0 unspecified atom stereocenters. The van der Waals surface area contributed by atoms with Crippen molar-refractivity contribution in [1.29, 1.82) is 0 Å². The van der Waals surface area contributed by atoms with Gasteiger partial charge in [0.2, 0.25) is 5.95 Å². The van der Waals surface area contributed by atoms with Gasteiger partial charge in [0, 0.05) is 44.4 Å². The van der Waals surface area contributed by atoms with Crippen LogP contribution in [0.5, 0.6) is 0 Å². The van der Waals surface area contributed by atoms with Crippen molar-refractivity contribution in [1.82, 2.24) is 24.8 Å². The van der Waals surface area contributed by atoms with E-state index in [4.69, 9.17) is 4.98 Å². The fourth-order valence-corrected chi connectivity index (χ4v) is 3.58. The zero-order valence-electron chi connectivity index (χ0n) is 13.3. The second-order valence-corrected chi connectivity index (χ2v) is 6.30. The van der Waals surface area contributed by atoms with Gasteiger partial charge in [-0.1, -0.05) is 0 Å². The van der Waals surface area contributed by atoms with Gasteiger partial charge in [0.1, 0.15) is 0 Å². The summed E-state index contributed by atoms with van der Waals surface area (Å²) in [6.07, 6.45) is 12.1. The van der Waals surface area contributed by atoms with Crippen LogP contribution in [-0.2, 0) is 6.54 Å². The highest BCUT2D eigenvalue weighted by Gasteiger charge is 2.27. The van der Waals surface area contributed by atoms with E-state index in [2.05, 4.69) is 24.8 Å². The molecule has 1 atom stereocenters. The molecular formula is C17H22N6. The van der Waals surface area contributed by atoms with Gasteiger partial charge in [-0.2, -0.15) is 0 Å². The summed E-state index contributed by atoms with van der Waals surface area (Å²) < 4.78 is 0. The Morgan fingerprint density at radius 2 is 1.91 bits per heavy atom. The fourth-order valence-electron chi connectivity index (χ4n) is 3.58. The first-order chi connectivity index (χ1) is 11.4. The van der Waals surface area contributed by atoms with Gasteiger partial charge in [-0.25, -0.2) is 9.97 Å². The van der Waals surface area contributed by atoms with Gasteiger partial charge >= 0.3 is 0 Å². The maximum absolute atomic E-state index is 4.78. The Balaban J connectivity index is 1.50. The summed E-state index contributed by atoms with van der Waals surface area (Å²) in [6.45, 7) is 4.10. The van der Waals surface area contributed by atoms with Gasteiger partial charge in [-0.05, 0) is 38.3 Å². The molecule has 2 aromatic rings. The molecule has 0 aliphatic carbocycles. The topological polar surface area (TPSA) is 58.0 Å². The summed E-state index contributed by atoms with van der Waals surface area (Å²) in [4.78, 5) is 22.7. The Morgan fingerprint density at radius 3 is 2.74 bits per heavy atom. The van der Waals surface area contributed by atoms with Crippen molar-refractivity contribution >= 4 is 5.95 Å². The second kappa shape index (κ2) is 6.58. The summed E-state index contributed by atoms with van der Waals surface area (Å²) in [6, 6.07) is 2.39. The molecule has 120 valence electrons. The minimum atomic E-state index is 0.355. The van der Waals surface area contributed by atoms with E-state index in [9.17, 15) is 0 Å². The lowest BCUT2D eigenvalue weighted by Gasteiger charge is -2.24. The third-order valence-electron chi connectivity index (χ3n) is 4.74. The van der Waals surface area contributed by atoms with Crippen LogP contribution >= 0.6 is 0 Å². The largest absolute Gasteiger partial charge is 0.341 e. The van der Waals surface area contributed by atoms with Crippen molar-refractivity contribution in [2.75, 3.05) is 24.5 Å². The van der Waals surface area contributed by atoms with Crippen LogP contribution in [0.1, 0.15) is 43.1 Å². The molecule has 6 nitrogen and oxygen atoms in total. The minimum absolute atomic E-state index is 0.355. The maximum Gasteiger partial charge on any atom is 0.225 e. The monoisotopic (exact) mass is 310 g/mol. The molecule has 0 saturated carbocycles. The number of nitrogens with zero attached hydrogens (tertiary/aromatic N) is 6. The lowest BCUT2D eigenvalue weighted by molar-refractivity contribution is 0.241. The van der Waals surface area contributed by atoms with Gasteiger partial charge in [-0.3, -0.25) is 14.9 Å². The van der Waals surface area contributed by atoms with E-state index < -0.39 is 0 Å². The third-order valence-corrected chi connectivity index (χ3v) is 4.74. The molecule has 2 aliphatic heterocycles. The third kappa shape index (κ3) is 3.17. The van der Waals surface area contributed by atoms with E-state index in [1.165, 1.54) is 19.3 Å². The van der Waals surface area contributed by atoms with Crippen molar-refractivity contribution < 1.29 is 0 Å². The summed E-state index contributed by atoms with van der Waals surface area (Å²) in [5, 5.41) is 0. The van der Waals surface area contributed by atoms with E-state index in [0.29, 0.717) is 6.04 Å². The lowest BCUT2D eigenvalue weighted by atomic mass is 10.1. The summed E-state index contributed by atoms with van der Waals surface area (Å²) >= 11 is 0. The highest BCUT2D eigenvalue weighted by molar-refractivity contribution is 5.31. The number of rotatable bonds is 4. The number of aromatic nitrogens is 4. The maximum atomic E-state index is 4.78. The van der Waals surface area contributed by atoms with Crippen LogP contribution in [-0.4, -0.2) is 44.5 Å². The molecule has 2 fully saturated rings. The Kier molecular flexibility index (Phi) is 4.15. The molecule has 0 radical (unpaired) electrons. The van der Waals surface area contributed by atoms with Crippen molar-refractivity contribution in [3.05, 3.63) is 42.2 Å². The van der Waals surface area contributed by atoms with Gasteiger partial charge in [0.05, 0.1) is 17.4 Å². The number of likely N-dealkylation sites (tertiary alicyclic amines) is 1. The molecule has 2 saturated heterocycles. The highest BCUT2D eigenvalue weighted by atomic mass is 15.3. The Labute approximate surface area is 136 Å². The minimum Gasteiger partial charge on any atom is -0.341 e. The lowest BCUT2D eigenvalue weighted by Crippen LogP contribution is -2.25. The van der Waals surface area contributed by atoms with Gasteiger partial charge < -0.3 is 4.90 Å². The van der Waals surface area contributed by atoms with Crippen LogP contribution in [0.4, 0.5) is 5.95 Å². The Morgan fingerprint density at radius 1 is 1.00 bits per heavy atom. The van der Waals surface area contributed by atoms with Crippen molar-refractivity contribution in [3.8, 4) is 0 Å². The Bertz CT molecular complexity index is 641. The van der Waals surface area contributed by atoms with Crippen LogP contribution < -0.4 is 4.90 Å². The molecule has 0 N–H and O–H groups in total. The SMILES string of the molecule is c1cnc([C@H]2CCCN2Cc2ccnc(N3CCCC3)n2)cn1. The molecule has 6 heteroatoms. The van der Waals surface area contributed by atoms with Crippen LogP contribution in [0.2, 0.25) is 0 Å². The molecule has 2 aliphatic rings. The average molecular weight is 310 g/mol. The molecule has 23 heavy (non-hydrogen) atoms. The van der Waals surface area contributed by atoms with E-state index in [1.54, 1.807) is 12.4 Å². The van der Waals surface area contributed by atoms with Gasteiger partial charge in [-0.15, -0.1) is 0 Å². The van der Waals surface area contributed by atoms with Crippen LogP contribution in [0.3, 0.4) is 0 Å². The number of hydrogen-bond donors (Lipinski definition) is 0. The number of anilines is 1. The molecule has 4 rings (SSSR count). The number of hydrogen-bond acceptors (Lipinski definition) is 6. The van der Waals surface area contributed by atoms with Crippen molar-refractivity contribution in [2.45, 2.75) is 38.3 Å². The molecular weight excluding hydrogens is 288 g/mol. The average Bonchev–Trinajstić information content (AvgIpc) is 3.28. The molecule has 2 aromatic heterocycles. The zero-order chi connectivity index (χ0) is 15.5. The highest BCUT2D eigenvalue weighted by Crippen LogP contribution is 2.31. The van der Waals surface area contributed by atoms with E-state index >= 15 is 0 Å². The zero-order valence-corrected chi connectivity index (χ0v) is 13.3. The predicted molar refractivity (Wildman–Crippen MR) is 87.9 cm³/mol.